The molecule has 0 aromatic rings. The van der Waals surface area contributed by atoms with E-state index >= 15 is 0 Å². The molecule has 1 unspecified atom stereocenters. The van der Waals surface area contributed by atoms with Crippen LogP contribution >= 0.6 is 0 Å². The number of likely N-dealkylation sites (tertiary alicyclic amines) is 1. The molecule has 3 N–H and O–H groups in total. The molecule has 1 heterocycles. The Kier molecular flexibility index (Phi) is 5.40. The van der Waals surface area contributed by atoms with Crippen molar-refractivity contribution < 1.29 is 19.8 Å². The molecular weight excluding hydrogens is 236 g/mol. The zero-order valence-corrected chi connectivity index (χ0v) is 10.9. The van der Waals surface area contributed by atoms with E-state index in [1.807, 2.05) is 0 Å². The average molecular weight is 258 g/mol. The molecule has 18 heavy (non-hydrogen) atoms. The molecule has 1 saturated heterocycles. The number of aliphatic carboxylic acids is 1. The highest BCUT2D eigenvalue weighted by Crippen LogP contribution is 2.23. The number of aliphatic hydroxyl groups excluding tert-OH is 1. The third kappa shape index (κ3) is 3.87. The van der Waals surface area contributed by atoms with Crippen molar-refractivity contribution in [3.8, 4) is 0 Å². The Hall–Kier alpha value is -1.30. The van der Waals surface area contributed by atoms with Crippen LogP contribution in [0.2, 0.25) is 0 Å². The van der Waals surface area contributed by atoms with E-state index in [1.54, 1.807) is 4.90 Å². The minimum atomic E-state index is -1.11. The number of nitrogens with zero attached hydrogens (tertiary/aromatic N) is 1. The second-order valence-corrected chi connectivity index (χ2v) is 5.09. The molecule has 1 fully saturated rings. The van der Waals surface area contributed by atoms with Crippen LogP contribution in [0.15, 0.2) is 0 Å². The molecular formula is C12H22N2O4. The number of carbonyl (C=O) groups excluding carboxylic acids is 1. The van der Waals surface area contributed by atoms with E-state index in [-0.39, 0.29) is 19.1 Å². The maximum Gasteiger partial charge on any atom is 0.326 e. The van der Waals surface area contributed by atoms with Gasteiger partial charge in [-0.15, -0.1) is 0 Å². The number of hydrogen-bond acceptors (Lipinski definition) is 3. The largest absolute Gasteiger partial charge is 0.480 e. The summed E-state index contributed by atoms with van der Waals surface area (Å²) in [4.78, 5) is 24.4. The van der Waals surface area contributed by atoms with E-state index in [9.17, 15) is 9.59 Å². The summed E-state index contributed by atoms with van der Waals surface area (Å²) in [5.74, 6) is -0.107. The Morgan fingerprint density at radius 2 is 2.11 bits per heavy atom. The van der Waals surface area contributed by atoms with Crippen molar-refractivity contribution in [1.82, 2.24) is 10.2 Å². The Labute approximate surface area is 107 Å². The molecule has 0 aromatic carbocycles. The monoisotopic (exact) mass is 258 g/mol. The van der Waals surface area contributed by atoms with Gasteiger partial charge >= 0.3 is 12.0 Å². The predicted octanol–water partition coefficient (Wildman–Crippen LogP) is 0.509. The first-order valence-corrected chi connectivity index (χ1v) is 6.34. The van der Waals surface area contributed by atoms with Gasteiger partial charge in [0.15, 0.2) is 0 Å². The number of rotatable bonds is 5. The standard InChI is InChI=1S/C12H22N2O4/c1-8(2)9-3-5-14(7-9)12(18)13-10(4-6-15)11(16)17/h8-10,15H,3-7H2,1-2H3,(H,13,18)(H,16,17)/t9?,10-/m1/s1. The van der Waals surface area contributed by atoms with Gasteiger partial charge in [-0.05, 0) is 18.3 Å². The van der Waals surface area contributed by atoms with Gasteiger partial charge in [-0.1, -0.05) is 13.8 Å². The maximum absolute atomic E-state index is 11.9. The first-order valence-electron chi connectivity index (χ1n) is 6.34. The van der Waals surface area contributed by atoms with Gasteiger partial charge in [-0.3, -0.25) is 0 Å². The van der Waals surface area contributed by atoms with Crippen molar-refractivity contribution in [1.29, 1.82) is 0 Å². The van der Waals surface area contributed by atoms with E-state index < -0.39 is 12.0 Å². The zero-order valence-electron chi connectivity index (χ0n) is 10.9. The number of urea groups is 1. The van der Waals surface area contributed by atoms with Crippen LogP contribution in [0.1, 0.15) is 26.7 Å². The normalized spacial score (nSPS) is 21.1. The fourth-order valence-corrected chi connectivity index (χ4v) is 2.14. The lowest BCUT2D eigenvalue weighted by molar-refractivity contribution is -0.139. The summed E-state index contributed by atoms with van der Waals surface area (Å²) >= 11 is 0. The van der Waals surface area contributed by atoms with Crippen LogP contribution in [0.4, 0.5) is 4.79 Å². The van der Waals surface area contributed by atoms with Crippen LogP contribution in [0.25, 0.3) is 0 Å². The maximum atomic E-state index is 11.9. The van der Waals surface area contributed by atoms with Crippen molar-refractivity contribution in [2.75, 3.05) is 19.7 Å². The number of carbonyl (C=O) groups is 2. The quantitative estimate of drug-likeness (QED) is 0.670. The topological polar surface area (TPSA) is 89.9 Å². The summed E-state index contributed by atoms with van der Waals surface area (Å²) in [5.41, 5.74) is 0. The van der Waals surface area contributed by atoms with Crippen LogP contribution in [-0.2, 0) is 4.79 Å². The summed E-state index contributed by atoms with van der Waals surface area (Å²) < 4.78 is 0. The van der Waals surface area contributed by atoms with Crippen LogP contribution < -0.4 is 5.32 Å². The minimum absolute atomic E-state index is 0.0303. The van der Waals surface area contributed by atoms with Crippen molar-refractivity contribution in [3.05, 3.63) is 0 Å². The third-order valence-electron chi connectivity index (χ3n) is 3.47. The van der Waals surface area contributed by atoms with Gasteiger partial charge in [-0.25, -0.2) is 9.59 Å². The van der Waals surface area contributed by atoms with Gasteiger partial charge < -0.3 is 20.4 Å². The summed E-state index contributed by atoms with van der Waals surface area (Å²) in [6, 6.07) is -1.36. The van der Waals surface area contributed by atoms with Gasteiger partial charge in [-0.2, -0.15) is 0 Å². The average Bonchev–Trinajstić information content (AvgIpc) is 2.77. The van der Waals surface area contributed by atoms with Crippen molar-refractivity contribution in [2.24, 2.45) is 11.8 Å². The van der Waals surface area contributed by atoms with Gasteiger partial charge in [0.2, 0.25) is 0 Å². The molecule has 6 heteroatoms. The van der Waals surface area contributed by atoms with Gasteiger partial charge in [0.25, 0.3) is 0 Å². The fourth-order valence-electron chi connectivity index (χ4n) is 2.14. The Morgan fingerprint density at radius 3 is 2.56 bits per heavy atom. The van der Waals surface area contributed by atoms with Crippen LogP contribution in [0.3, 0.4) is 0 Å². The minimum Gasteiger partial charge on any atom is -0.480 e. The van der Waals surface area contributed by atoms with E-state index in [0.29, 0.717) is 24.9 Å². The Bertz CT molecular complexity index is 306. The number of aliphatic hydroxyl groups is 1. The highest BCUT2D eigenvalue weighted by Gasteiger charge is 2.30. The summed E-state index contributed by atoms with van der Waals surface area (Å²) in [5, 5.41) is 20.1. The molecule has 1 aliphatic rings. The molecule has 0 bridgehead atoms. The molecule has 1 rings (SSSR count). The molecule has 104 valence electrons. The third-order valence-corrected chi connectivity index (χ3v) is 3.47. The first-order chi connectivity index (χ1) is 8.45. The van der Waals surface area contributed by atoms with E-state index in [4.69, 9.17) is 10.2 Å². The highest BCUT2D eigenvalue weighted by atomic mass is 16.4. The first kappa shape index (κ1) is 14.8. The number of hydrogen-bond donors (Lipinski definition) is 3. The lowest BCUT2D eigenvalue weighted by atomic mass is 9.95. The second kappa shape index (κ2) is 6.58. The lowest BCUT2D eigenvalue weighted by Crippen LogP contribution is -2.47. The van der Waals surface area contributed by atoms with Gasteiger partial charge in [0.1, 0.15) is 6.04 Å². The van der Waals surface area contributed by atoms with Crippen molar-refractivity contribution in [2.45, 2.75) is 32.7 Å². The molecule has 6 nitrogen and oxygen atoms in total. The molecule has 0 saturated carbocycles. The number of carboxylic acid groups (broad SMARTS) is 1. The Balaban J connectivity index is 2.48. The van der Waals surface area contributed by atoms with Crippen molar-refractivity contribution in [3.63, 3.8) is 0 Å². The van der Waals surface area contributed by atoms with Crippen molar-refractivity contribution >= 4 is 12.0 Å². The van der Waals surface area contributed by atoms with E-state index in [1.165, 1.54) is 0 Å². The molecule has 0 spiro atoms. The summed E-state index contributed by atoms with van der Waals surface area (Å²) in [6.07, 6.45) is 0.991. The predicted molar refractivity (Wildman–Crippen MR) is 66.2 cm³/mol. The van der Waals surface area contributed by atoms with Crippen LogP contribution in [-0.4, -0.2) is 52.9 Å². The van der Waals surface area contributed by atoms with Crippen LogP contribution in [0, 0.1) is 11.8 Å². The van der Waals surface area contributed by atoms with Gasteiger partial charge in [0.05, 0.1) is 0 Å². The molecule has 0 aromatic heterocycles. The highest BCUT2D eigenvalue weighted by molar-refractivity contribution is 5.82. The molecule has 0 aliphatic carbocycles. The smallest absolute Gasteiger partial charge is 0.326 e. The Morgan fingerprint density at radius 1 is 1.44 bits per heavy atom. The summed E-state index contributed by atoms with van der Waals surface area (Å²) in [7, 11) is 0. The van der Waals surface area contributed by atoms with Gasteiger partial charge in [0, 0.05) is 26.1 Å². The number of nitrogens with one attached hydrogen (secondary N) is 1. The zero-order chi connectivity index (χ0) is 13.7. The number of carboxylic acids is 1. The molecule has 2 amide bonds. The molecule has 0 radical (unpaired) electrons. The fraction of sp³-hybridized carbons (Fsp3) is 0.833. The lowest BCUT2D eigenvalue weighted by Gasteiger charge is -2.21. The molecule has 2 atom stereocenters. The van der Waals surface area contributed by atoms with E-state index in [0.717, 1.165) is 6.42 Å². The van der Waals surface area contributed by atoms with E-state index in [2.05, 4.69) is 19.2 Å². The SMILES string of the molecule is CC(C)C1CCN(C(=O)N[C@H](CCO)C(=O)O)C1. The summed E-state index contributed by atoms with van der Waals surface area (Å²) in [6.45, 7) is 5.33. The number of amides is 2. The molecule has 1 aliphatic heterocycles. The van der Waals surface area contributed by atoms with Crippen LogP contribution in [0.5, 0.6) is 0 Å². The second-order valence-electron chi connectivity index (χ2n) is 5.09.